The molecule has 0 bridgehead atoms. The average molecular weight is 339 g/mol. The Morgan fingerprint density at radius 2 is 2.19 bits per heavy atom. The van der Waals surface area contributed by atoms with Crippen molar-refractivity contribution < 1.29 is 13.6 Å². The van der Waals surface area contributed by atoms with Gasteiger partial charge in [-0.2, -0.15) is 5.10 Å². The minimum atomic E-state index is -2.57. The summed E-state index contributed by atoms with van der Waals surface area (Å²) < 4.78 is 30.0. The second-order valence-corrected chi connectivity index (χ2v) is 5.92. The van der Waals surface area contributed by atoms with Crippen LogP contribution >= 0.6 is 22.6 Å². The molecule has 0 aliphatic rings. The Labute approximate surface area is 114 Å². The average Bonchev–Trinajstić information content (AvgIpc) is 2.59. The molecule has 4 nitrogen and oxygen atoms in total. The molecule has 0 fully saturated rings. The van der Waals surface area contributed by atoms with Gasteiger partial charge in [0.2, 0.25) is 0 Å². The number of esters is 1. The van der Waals surface area contributed by atoms with Gasteiger partial charge in [-0.25, -0.2) is 4.79 Å². The van der Waals surface area contributed by atoms with E-state index in [1.54, 1.807) is 20.8 Å². The first kappa shape index (κ1) is 9.44. The van der Waals surface area contributed by atoms with E-state index in [1.807, 2.05) is 22.6 Å². The standard InChI is InChI=1S/C11H17IN2O2/c1-10(2,3)16-9(15)11(4,5)14-7-8(12)6-13-14/h6-7H,1-5H3/i4D3. The number of rotatable bonds is 2. The molecule has 0 saturated carbocycles. The van der Waals surface area contributed by atoms with Crippen molar-refractivity contribution in [3.05, 3.63) is 16.0 Å². The summed E-state index contributed by atoms with van der Waals surface area (Å²) in [5, 5.41) is 3.95. The Hall–Kier alpha value is -0.590. The lowest BCUT2D eigenvalue weighted by molar-refractivity contribution is -0.164. The van der Waals surface area contributed by atoms with E-state index >= 15 is 0 Å². The van der Waals surface area contributed by atoms with Gasteiger partial charge in [0.25, 0.3) is 0 Å². The lowest BCUT2D eigenvalue weighted by Crippen LogP contribution is -2.41. The van der Waals surface area contributed by atoms with Crippen LogP contribution < -0.4 is 0 Å². The highest BCUT2D eigenvalue weighted by atomic mass is 127. The van der Waals surface area contributed by atoms with Crippen molar-refractivity contribution >= 4 is 28.6 Å². The first-order valence-corrected chi connectivity index (χ1v) is 5.90. The SMILES string of the molecule is [2H]C([2H])([2H])C(C)(C(=O)OC(C)(C)C)n1cc(I)cn1. The Kier molecular flexibility index (Phi) is 2.57. The Morgan fingerprint density at radius 1 is 1.56 bits per heavy atom. The third-order valence-corrected chi connectivity index (χ3v) is 2.36. The molecule has 16 heavy (non-hydrogen) atoms. The normalized spacial score (nSPS) is 19.2. The molecular formula is C11H17IN2O2. The van der Waals surface area contributed by atoms with E-state index in [0.29, 0.717) is 0 Å². The van der Waals surface area contributed by atoms with Crippen LogP contribution in [-0.2, 0) is 15.1 Å². The minimum Gasteiger partial charge on any atom is -0.458 e. The molecule has 5 heteroatoms. The molecule has 0 aliphatic heterocycles. The molecule has 1 aromatic heterocycles. The van der Waals surface area contributed by atoms with E-state index in [1.165, 1.54) is 19.3 Å². The molecule has 0 saturated heterocycles. The molecule has 1 aromatic rings. The van der Waals surface area contributed by atoms with Crippen molar-refractivity contribution in [3.63, 3.8) is 0 Å². The van der Waals surface area contributed by atoms with Crippen LogP contribution in [0.2, 0.25) is 0 Å². The minimum absolute atomic E-state index is 0.747. The summed E-state index contributed by atoms with van der Waals surface area (Å²) in [5.41, 5.74) is -2.60. The molecule has 1 rings (SSSR count). The monoisotopic (exact) mass is 339 g/mol. The zero-order valence-corrected chi connectivity index (χ0v) is 11.9. The van der Waals surface area contributed by atoms with Crippen molar-refractivity contribution in [2.45, 2.75) is 45.7 Å². The number of ether oxygens (including phenoxy) is 1. The highest BCUT2D eigenvalue weighted by Crippen LogP contribution is 2.21. The number of aromatic nitrogens is 2. The van der Waals surface area contributed by atoms with Gasteiger partial charge in [0, 0.05) is 10.3 Å². The number of nitrogens with zero attached hydrogens (tertiary/aromatic N) is 2. The third-order valence-electron chi connectivity index (χ3n) is 1.81. The van der Waals surface area contributed by atoms with Gasteiger partial charge in [-0.15, -0.1) is 0 Å². The third kappa shape index (κ3) is 3.20. The van der Waals surface area contributed by atoms with Crippen LogP contribution in [-0.4, -0.2) is 21.4 Å². The van der Waals surface area contributed by atoms with Crippen LogP contribution in [0.15, 0.2) is 12.4 Å². The summed E-state index contributed by atoms with van der Waals surface area (Å²) in [6.45, 7) is 3.83. The van der Waals surface area contributed by atoms with Crippen LogP contribution in [0.25, 0.3) is 0 Å². The van der Waals surface area contributed by atoms with Gasteiger partial charge in [0.1, 0.15) is 5.60 Å². The van der Waals surface area contributed by atoms with Crippen molar-refractivity contribution in [2.24, 2.45) is 0 Å². The maximum Gasteiger partial charge on any atom is 0.334 e. The number of carbonyl (C=O) groups is 1. The highest BCUT2D eigenvalue weighted by molar-refractivity contribution is 14.1. The predicted molar refractivity (Wildman–Crippen MR) is 70.1 cm³/mol. The number of halogens is 1. The van der Waals surface area contributed by atoms with Gasteiger partial charge < -0.3 is 4.74 Å². The van der Waals surface area contributed by atoms with Crippen LogP contribution in [0.5, 0.6) is 0 Å². The van der Waals surface area contributed by atoms with E-state index in [4.69, 9.17) is 8.85 Å². The molecule has 1 heterocycles. The van der Waals surface area contributed by atoms with Crippen LogP contribution in [0.3, 0.4) is 0 Å². The molecule has 0 amide bonds. The summed E-state index contributed by atoms with van der Waals surface area (Å²) in [6, 6.07) is 0. The number of hydrogen-bond donors (Lipinski definition) is 0. The van der Waals surface area contributed by atoms with Gasteiger partial charge in [0.05, 0.1) is 9.77 Å². The topological polar surface area (TPSA) is 44.1 Å². The van der Waals surface area contributed by atoms with Crippen molar-refractivity contribution in [1.29, 1.82) is 0 Å². The fourth-order valence-corrected chi connectivity index (χ4v) is 1.40. The Morgan fingerprint density at radius 3 is 2.56 bits per heavy atom. The molecule has 1 unspecified atom stereocenters. The van der Waals surface area contributed by atoms with Gasteiger partial charge >= 0.3 is 5.97 Å². The van der Waals surface area contributed by atoms with Gasteiger partial charge in [-0.05, 0) is 57.1 Å². The van der Waals surface area contributed by atoms with E-state index in [9.17, 15) is 4.79 Å². The van der Waals surface area contributed by atoms with E-state index < -0.39 is 24.0 Å². The summed E-state index contributed by atoms with van der Waals surface area (Å²) in [7, 11) is 0. The Bertz CT molecular complexity index is 479. The smallest absolute Gasteiger partial charge is 0.334 e. The molecule has 0 radical (unpaired) electrons. The molecule has 0 spiro atoms. The fraction of sp³-hybridized carbons (Fsp3) is 0.636. The summed E-state index contributed by atoms with van der Waals surface area (Å²) in [6.07, 6.45) is 3.01. The van der Waals surface area contributed by atoms with Gasteiger partial charge in [0.15, 0.2) is 5.54 Å². The van der Waals surface area contributed by atoms with Crippen molar-refractivity contribution in [1.82, 2.24) is 9.78 Å². The lowest BCUT2D eigenvalue weighted by Gasteiger charge is -2.28. The van der Waals surface area contributed by atoms with Gasteiger partial charge in [-0.1, -0.05) is 0 Å². The van der Waals surface area contributed by atoms with Crippen LogP contribution in [0.4, 0.5) is 0 Å². The second kappa shape index (κ2) is 4.35. The summed E-state index contributed by atoms with van der Waals surface area (Å²) in [4.78, 5) is 12.3. The van der Waals surface area contributed by atoms with E-state index in [-0.39, 0.29) is 0 Å². The molecule has 0 aliphatic carbocycles. The molecule has 1 atom stereocenters. The first-order valence-electron chi connectivity index (χ1n) is 6.32. The van der Waals surface area contributed by atoms with Crippen LogP contribution in [0.1, 0.15) is 38.7 Å². The predicted octanol–water partition coefficient (Wildman–Crippen LogP) is 2.56. The fourth-order valence-electron chi connectivity index (χ4n) is 1.02. The molecule has 0 N–H and O–H groups in total. The summed E-state index contributed by atoms with van der Waals surface area (Å²) in [5.74, 6) is -0.820. The first-order chi connectivity index (χ1) is 8.38. The number of carbonyl (C=O) groups excluding carboxylic acids is 1. The summed E-state index contributed by atoms with van der Waals surface area (Å²) >= 11 is 2.00. The molecular weight excluding hydrogens is 319 g/mol. The molecule has 90 valence electrons. The molecule has 0 aromatic carbocycles. The van der Waals surface area contributed by atoms with Crippen molar-refractivity contribution in [2.75, 3.05) is 0 Å². The largest absolute Gasteiger partial charge is 0.458 e. The maximum absolute atomic E-state index is 12.3. The highest BCUT2D eigenvalue weighted by Gasteiger charge is 2.35. The lowest BCUT2D eigenvalue weighted by atomic mass is 10.1. The number of hydrogen-bond acceptors (Lipinski definition) is 3. The zero-order chi connectivity index (χ0) is 15.1. The quantitative estimate of drug-likeness (QED) is 0.614. The zero-order valence-electron chi connectivity index (χ0n) is 12.7. The maximum atomic E-state index is 12.3. The second-order valence-electron chi connectivity index (χ2n) is 4.68. The van der Waals surface area contributed by atoms with Crippen molar-refractivity contribution in [3.8, 4) is 0 Å². The van der Waals surface area contributed by atoms with E-state index in [2.05, 4.69) is 5.10 Å². The Balaban J connectivity index is 3.26. The van der Waals surface area contributed by atoms with Crippen LogP contribution in [0, 0.1) is 3.57 Å². The van der Waals surface area contributed by atoms with E-state index in [0.717, 1.165) is 8.25 Å². The van der Waals surface area contributed by atoms with Gasteiger partial charge in [-0.3, -0.25) is 4.68 Å².